The van der Waals surface area contributed by atoms with Crippen molar-refractivity contribution in [3.8, 4) is 22.4 Å². The number of thiazole rings is 1. The van der Waals surface area contributed by atoms with Gasteiger partial charge in [0, 0.05) is 36.1 Å². The summed E-state index contributed by atoms with van der Waals surface area (Å²) < 4.78 is 0. The van der Waals surface area contributed by atoms with Gasteiger partial charge in [-0.05, 0) is 53.8 Å². The fourth-order valence-electron chi connectivity index (χ4n) is 3.76. The number of amides is 2. The Morgan fingerprint density at radius 1 is 1.06 bits per heavy atom. The van der Waals surface area contributed by atoms with Gasteiger partial charge in [0.05, 0.1) is 17.8 Å². The number of anilines is 2. The van der Waals surface area contributed by atoms with Crippen LogP contribution in [-0.2, 0) is 11.2 Å². The first-order valence-corrected chi connectivity index (χ1v) is 11.8. The number of hydrogen-bond acceptors (Lipinski definition) is 7. The van der Waals surface area contributed by atoms with E-state index < -0.39 is 0 Å². The van der Waals surface area contributed by atoms with E-state index in [0.717, 1.165) is 53.2 Å². The first-order chi connectivity index (χ1) is 16.7. The first kappa shape index (κ1) is 21.7. The van der Waals surface area contributed by atoms with Crippen LogP contribution in [0.25, 0.3) is 22.4 Å². The Kier molecular flexibility index (Phi) is 6.26. The van der Waals surface area contributed by atoms with Crippen molar-refractivity contribution in [2.45, 2.75) is 12.8 Å². The summed E-state index contributed by atoms with van der Waals surface area (Å²) in [4.78, 5) is 37.7. The molecule has 0 aliphatic carbocycles. The van der Waals surface area contributed by atoms with E-state index in [4.69, 9.17) is 0 Å². The molecular formula is C25H22N6O2S. The molecule has 0 spiro atoms. The smallest absolute Gasteiger partial charge is 0.253 e. The lowest BCUT2D eigenvalue weighted by Crippen LogP contribution is -2.33. The zero-order valence-corrected chi connectivity index (χ0v) is 19.1. The maximum absolute atomic E-state index is 12.5. The fourth-order valence-corrected chi connectivity index (χ4v) is 4.50. The number of rotatable bonds is 6. The number of carbonyl (C=O) groups is 2. The first-order valence-electron chi connectivity index (χ1n) is 10.9. The van der Waals surface area contributed by atoms with Crippen molar-refractivity contribution in [1.82, 2.24) is 20.3 Å². The van der Waals surface area contributed by atoms with Gasteiger partial charge in [-0.25, -0.2) is 9.97 Å². The Balaban J connectivity index is 1.19. The van der Waals surface area contributed by atoms with Crippen LogP contribution in [0.5, 0.6) is 0 Å². The summed E-state index contributed by atoms with van der Waals surface area (Å²) in [6, 6.07) is 13.8. The molecular weight excluding hydrogens is 448 g/mol. The summed E-state index contributed by atoms with van der Waals surface area (Å²) in [6.07, 6.45) is 6.94. The molecule has 34 heavy (non-hydrogen) atoms. The SMILES string of the molecule is O=C(CNC(=O)c1cnc2c(c1)CCCN2)Nc1nc(-c2cccc(-c3ccncc3)c2)cs1. The second-order valence-electron chi connectivity index (χ2n) is 7.85. The van der Waals surface area contributed by atoms with E-state index in [1.807, 2.05) is 41.8 Å². The lowest BCUT2D eigenvalue weighted by molar-refractivity contribution is -0.115. The standard InChI is InChI=1S/C25H22N6O2S/c32-22(14-29-24(33)20-12-19-5-2-8-27-23(19)28-13-20)31-25-30-21(15-34-25)18-4-1-3-17(11-18)16-6-9-26-10-7-16/h1,3-4,6-7,9-13,15H,2,5,8,14H2,(H,27,28)(H,29,33)(H,30,31,32). The van der Waals surface area contributed by atoms with Gasteiger partial charge in [-0.3, -0.25) is 14.6 Å². The van der Waals surface area contributed by atoms with Crippen LogP contribution in [0.1, 0.15) is 22.3 Å². The van der Waals surface area contributed by atoms with Crippen LogP contribution in [-0.4, -0.2) is 39.9 Å². The Labute approximate surface area is 200 Å². The molecule has 0 radical (unpaired) electrons. The monoisotopic (exact) mass is 470 g/mol. The van der Waals surface area contributed by atoms with Gasteiger partial charge in [0.1, 0.15) is 5.82 Å². The number of hydrogen-bond donors (Lipinski definition) is 3. The molecule has 0 saturated heterocycles. The lowest BCUT2D eigenvalue weighted by Gasteiger charge is -2.17. The van der Waals surface area contributed by atoms with E-state index in [9.17, 15) is 9.59 Å². The van der Waals surface area contributed by atoms with Gasteiger partial charge in [0.15, 0.2) is 5.13 Å². The summed E-state index contributed by atoms with van der Waals surface area (Å²) >= 11 is 1.34. The molecule has 4 aromatic rings. The minimum absolute atomic E-state index is 0.152. The molecule has 4 heterocycles. The van der Waals surface area contributed by atoms with Crippen molar-refractivity contribution in [1.29, 1.82) is 0 Å². The predicted molar refractivity (Wildman–Crippen MR) is 133 cm³/mol. The molecule has 170 valence electrons. The third kappa shape index (κ3) is 4.94. The molecule has 5 rings (SSSR count). The summed E-state index contributed by atoms with van der Waals surface area (Å²) in [5.41, 5.74) is 5.32. The van der Waals surface area contributed by atoms with Crippen LogP contribution in [0.4, 0.5) is 10.9 Å². The van der Waals surface area contributed by atoms with Gasteiger partial charge >= 0.3 is 0 Å². The van der Waals surface area contributed by atoms with Crippen molar-refractivity contribution in [2.75, 3.05) is 23.7 Å². The Bertz CT molecular complexity index is 1340. The van der Waals surface area contributed by atoms with Gasteiger partial charge in [0.25, 0.3) is 5.91 Å². The molecule has 2 amide bonds. The number of pyridine rings is 2. The van der Waals surface area contributed by atoms with Crippen LogP contribution < -0.4 is 16.0 Å². The van der Waals surface area contributed by atoms with Gasteiger partial charge in [-0.2, -0.15) is 0 Å². The summed E-state index contributed by atoms with van der Waals surface area (Å²) in [5, 5.41) is 11.0. The minimum atomic E-state index is -0.340. The highest BCUT2D eigenvalue weighted by Gasteiger charge is 2.15. The largest absolute Gasteiger partial charge is 0.370 e. The molecule has 3 N–H and O–H groups in total. The van der Waals surface area contributed by atoms with Crippen LogP contribution in [0, 0.1) is 0 Å². The van der Waals surface area contributed by atoms with E-state index >= 15 is 0 Å². The topological polar surface area (TPSA) is 109 Å². The number of fused-ring (bicyclic) bond motifs is 1. The maximum atomic E-state index is 12.5. The van der Waals surface area contributed by atoms with E-state index in [0.29, 0.717) is 10.7 Å². The number of aromatic nitrogens is 3. The van der Waals surface area contributed by atoms with Gasteiger partial charge in [-0.15, -0.1) is 11.3 Å². The quantitative estimate of drug-likeness (QED) is 0.393. The average Bonchev–Trinajstić information content (AvgIpc) is 3.36. The molecule has 1 aromatic carbocycles. The molecule has 0 unspecified atom stereocenters. The van der Waals surface area contributed by atoms with Crippen LogP contribution >= 0.6 is 11.3 Å². The minimum Gasteiger partial charge on any atom is -0.370 e. The molecule has 0 atom stereocenters. The van der Waals surface area contributed by atoms with Crippen LogP contribution in [0.3, 0.4) is 0 Å². The number of carbonyl (C=O) groups excluding carboxylic acids is 2. The molecule has 0 saturated carbocycles. The summed E-state index contributed by atoms with van der Waals surface area (Å²) in [7, 11) is 0. The lowest BCUT2D eigenvalue weighted by atomic mass is 10.0. The maximum Gasteiger partial charge on any atom is 0.253 e. The summed E-state index contributed by atoms with van der Waals surface area (Å²) in [6.45, 7) is 0.737. The third-order valence-corrected chi connectivity index (χ3v) is 6.23. The van der Waals surface area contributed by atoms with Gasteiger partial charge in [-0.1, -0.05) is 18.2 Å². The van der Waals surface area contributed by atoms with Gasteiger partial charge < -0.3 is 16.0 Å². The molecule has 3 aromatic heterocycles. The highest BCUT2D eigenvalue weighted by atomic mass is 32.1. The molecule has 1 aliphatic rings. The molecule has 0 bridgehead atoms. The molecule has 1 aliphatic heterocycles. The second-order valence-corrected chi connectivity index (χ2v) is 8.71. The molecule has 0 fully saturated rings. The van der Waals surface area contributed by atoms with E-state index in [1.54, 1.807) is 12.4 Å². The molecule has 8 nitrogen and oxygen atoms in total. The van der Waals surface area contributed by atoms with Crippen LogP contribution in [0.2, 0.25) is 0 Å². The Hall–Kier alpha value is -4.11. The second kappa shape index (κ2) is 9.80. The van der Waals surface area contributed by atoms with Crippen molar-refractivity contribution >= 4 is 34.1 Å². The van der Waals surface area contributed by atoms with Crippen molar-refractivity contribution < 1.29 is 9.59 Å². The molecule has 9 heteroatoms. The van der Waals surface area contributed by atoms with Crippen LogP contribution in [0.15, 0.2) is 66.4 Å². The third-order valence-electron chi connectivity index (χ3n) is 5.48. The van der Waals surface area contributed by atoms with Crippen molar-refractivity contribution in [3.63, 3.8) is 0 Å². The van der Waals surface area contributed by atoms with E-state index in [2.05, 4.69) is 37.0 Å². The highest BCUT2D eigenvalue weighted by molar-refractivity contribution is 7.14. The van der Waals surface area contributed by atoms with E-state index in [-0.39, 0.29) is 18.4 Å². The fraction of sp³-hybridized carbons (Fsp3) is 0.160. The zero-order chi connectivity index (χ0) is 23.3. The highest BCUT2D eigenvalue weighted by Crippen LogP contribution is 2.28. The average molecular weight is 471 g/mol. The van der Waals surface area contributed by atoms with Crippen molar-refractivity contribution in [3.05, 3.63) is 77.6 Å². The van der Waals surface area contributed by atoms with Gasteiger partial charge in [0.2, 0.25) is 5.91 Å². The zero-order valence-electron chi connectivity index (χ0n) is 18.2. The normalized spacial score (nSPS) is 12.4. The Morgan fingerprint density at radius 3 is 2.79 bits per heavy atom. The number of nitrogens with zero attached hydrogens (tertiary/aromatic N) is 3. The van der Waals surface area contributed by atoms with Crippen molar-refractivity contribution in [2.24, 2.45) is 0 Å². The predicted octanol–water partition coefficient (Wildman–Crippen LogP) is 3.99. The number of nitrogens with one attached hydrogen (secondary N) is 3. The Morgan fingerprint density at radius 2 is 1.91 bits per heavy atom. The number of aryl methyl sites for hydroxylation is 1. The summed E-state index contributed by atoms with van der Waals surface area (Å²) in [5.74, 6) is 0.155. The van der Waals surface area contributed by atoms with E-state index in [1.165, 1.54) is 17.5 Å². The number of benzene rings is 1.